The predicted molar refractivity (Wildman–Crippen MR) is 50.9 cm³/mol. The van der Waals surface area contributed by atoms with Gasteiger partial charge in [-0.1, -0.05) is 0 Å². The van der Waals surface area contributed by atoms with E-state index in [-0.39, 0.29) is 0 Å². The van der Waals surface area contributed by atoms with Gasteiger partial charge in [0.2, 0.25) is 0 Å². The van der Waals surface area contributed by atoms with Crippen LogP contribution in [0, 0.1) is 0 Å². The van der Waals surface area contributed by atoms with E-state index in [2.05, 4.69) is 14.9 Å². The Balaban J connectivity index is 0.000000280. The van der Waals surface area contributed by atoms with Crippen LogP contribution in [0.3, 0.4) is 0 Å². The highest BCUT2D eigenvalue weighted by molar-refractivity contribution is 7.60. The van der Waals surface area contributed by atoms with Crippen molar-refractivity contribution in [2.75, 3.05) is 26.2 Å². The molecule has 0 amide bonds. The zero-order chi connectivity index (χ0) is 11.9. The first-order valence-electron chi connectivity index (χ1n) is 3.94. The van der Waals surface area contributed by atoms with Crippen molar-refractivity contribution in [1.82, 2.24) is 10.6 Å². The van der Waals surface area contributed by atoms with Crippen molar-refractivity contribution in [3.8, 4) is 0 Å². The summed E-state index contributed by atoms with van der Waals surface area (Å²) >= 11 is 0. The lowest BCUT2D eigenvalue weighted by molar-refractivity contribution is 0.225. The van der Waals surface area contributed by atoms with Gasteiger partial charge in [-0.3, -0.25) is 0 Å². The lowest BCUT2D eigenvalue weighted by Crippen LogP contribution is -2.39. The molecule has 6 N–H and O–H groups in total. The van der Waals surface area contributed by atoms with Crippen molar-refractivity contribution in [1.29, 1.82) is 0 Å². The standard InChI is InChI=1S/C4H10N2.H4O7P2/c1-2-6-4-3-5-1;1-8(2,3)7-9(4,5)6/h5-6H,1-4H2;(H2,1,2,3)(H2,4,5,6). The van der Waals surface area contributed by atoms with Gasteiger partial charge in [0.05, 0.1) is 0 Å². The highest BCUT2D eigenvalue weighted by Crippen LogP contribution is 2.53. The van der Waals surface area contributed by atoms with Gasteiger partial charge < -0.3 is 30.2 Å². The van der Waals surface area contributed by atoms with E-state index in [1.54, 1.807) is 0 Å². The Kier molecular flexibility index (Phi) is 6.78. The van der Waals surface area contributed by atoms with E-state index < -0.39 is 15.6 Å². The van der Waals surface area contributed by atoms with Crippen molar-refractivity contribution in [2.24, 2.45) is 0 Å². The van der Waals surface area contributed by atoms with Gasteiger partial charge in [0.1, 0.15) is 0 Å². The van der Waals surface area contributed by atoms with Crippen molar-refractivity contribution >= 4 is 15.6 Å². The molecule has 1 fully saturated rings. The molecule has 15 heavy (non-hydrogen) atoms. The maximum atomic E-state index is 9.63. The van der Waals surface area contributed by atoms with Crippen LogP contribution in [0.5, 0.6) is 0 Å². The van der Waals surface area contributed by atoms with Gasteiger partial charge in [-0.05, 0) is 0 Å². The van der Waals surface area contributed by atoms with Gasteiger partial charge in [0.25, 0.3) is 0 Å². The highest BCUT2D eigenvalue weighted by Gasteiger charge is 2.27. The number of nitrogens with one attached hydrogen (secondary N) is 2. The summed E-state index contributed by atoms with van der Waals surface area (Å²) in [5.74, 6) is 0. The van der Waals surface area contributed by atoms with Gasteiger partial charge in [0, 0.05) is 26.2 Å². The summed E-state index contributed by atoms with van der Waals surface area (Å²) in [4.78, 5) is 31.0. The maximum Gasteiger partial charge on any atom is 0.478 e. The molecule has 0 aromatic heterocycles. The molecule has 0 aliphatic carbocycles. The number of hydrogen-bond acceptors (Lipinski definition) is 5. The van der Waals surface area contributed by atoms with Crippen molar-refractivity contribution in [3.05, 3.63) is 0 Å². The van der Waals surface area contributed by atoms with E-state index in [9.17, 15) is 9.13 Å². The lowest BCUT2D eigenvalue weighted by Gasteiger charge is -2.11. The van der Waals surface area contributed by atoms with Crippen molar-refractivity contribution in [2.45, 2.75) is 0 Å². The third-order valence-electron chi connectivity index (χ3n) is 1.17. The summed E-state index contributed by atoms with van der Waals surface area (Å²) in [5, 5.41) is 6.44. The zero-order valence-corrected chi connectivity index (χ0v) is 9.53. The Hall–Kier alpha value is 0.180. The smallest absolute Gasteiger partial charge is 0.314 e. The highest BCUT2D eigenvalue weighted by atomic mass is 31.3. The topological polar surface area (TPSA) is 148 Å². The number of piperazine rings is 1. The van der Waals surface area contributed by atoms with Crippen LogP contribution in [0.25, 0.3) is 0 Å². The third kappa shape index (κ3) is 14.2. The fraction of sp³-hybridized carbons (Fsp3) is 1.00. The second-order valence-corrected chi connectivity index (χ2v) is 5.18. The van der Waals surface area contributed by atoms with Gasteiger partial charge in [0.15, 0.2) is 0 Å². The summed E-state index contributed by atoms with van der Waals surface area (Å²) < 4.78 is 22.2. The minimum absolute atomic E-state index is 1.14. The van der Waals surface area contributed by atoms with Crippen LogP contribution in [-0.4, -0.2) is 45.8 Å². The molecule has 1 aliphatic rings. The Labute approximate surface area is 86.3 Å². The second-order valence-electron chi connectivity index (χ2n) is 2.56. The molecule has 0 unspecified atom stereocenters. The molecular weight excluding hydrogens is 250 g/mol. The molecule has 1 aliphatic heterocycles. The molecule has 0 bridgehead atoms. The Morgan fingerprint density at radius 3 is 1.13 bits per heavy atom. The number of rotatable bonds is 2. The van der Waals surface area contributed by atoms with Crippen molar-refractivity contribution in [3.63, 3.8) is 0 Å². The fourth-order valence-corrected chi connectivity index (χ4v) is 1.85. The van der Waals surface area contributed by atoms with Gasteiger partial charge >= 0.3 is 15.6 Å². The summed E-state index contributed by atoms with van der Waals surface area (Å²) in [6, 6.07) is 0. The SMILES string of the molecule is C1CNCCN1.O=P(O)(O)OP(=O)(O)O. The van der Waals surface area contributed by atoms with Crippen LogP contribution >= 0.6 is 15.6 Å². The molecule has 0 spiro atoms. The van der Waals surface area contributed by atoms with E-state index >= 15 is 0 Å². The Morgan fingerprint density at radius 1 is 0.800 bits per heavy atom. The normalized spacial score (nSPS) is 17.9. The van der Waals surface area contributed by atoms with E-state index in [1.165, 1.54) is 0 Å². The molecule has 1 rings (SSSR count). The molecule has 0 atom stereocenters. The minimum Gasteiger partial charge on any atom is -0.314 e. The van der Waals surface area contributed by atoms with Gasteiger partial charge in [-0.25, -0.2) is 9.13 Å². The van der Waals surface area contributed by atoms with E-state index in [4.69, 9.17) is 19.6 Å². The Bertz CT molecular complexity index is 224. The fourth-order valence-electron chi connectivity index (χ4n) is 0.742. The maximum absolute atomic E-state index is 9.63. The van der Waals surface area contributed by atoms with Gasteiger partial charge in [-0.2, -0.15) is 4.31 Å². The lowest BCUT2D eigenvalue weighted by atomic mass is 10.4. The summed E-state index contributed by atoms with van der Waals surface area (Å²) in [6.07, 6.45) is 0. The van der Waals surface area contributed by atoms with Crippen LogP contribution in [0.1, 0.15) is 0 Å². The van der Waals surface area contributed by atoms with Crippen LogP contribution < -0.4 is 10.6 Å². The molecule has 92 valence electrons. The molecular formula is C4H14N2O7P2. The van der Waals surface area contributed by atoms with E-state index in [1.807, 2.05) is 0 Å². The Morgan fingerprint density at radius 2 is 1.07 bits per heavy atom. The van der Waals surface area contributed by atoms with Crippen molar-refractivity contribution < 1.29 is 33.0 Å². The van der Waals surface area contributed by atoms with Crippen LogP contribution in [0.2, 0.25) is 0 Å². The van der Waals surface area contributed by atoms with Crippen LogP contribution in [0.15, 0.2) is 0 Å². The third-order valence-corrected chi connectivity index (χ3v) is 2.87. The summed E-state index contributed by atoms with van der Waals surface area (Å²) in [7, 11) is -10.1. The molecule has 1 heterocycles. The van der Waals surface area contributed by atoms with Gasteiger partial charge in [-0.15, -0.1) is 0 Å². The largest absolute Gasteiger partial charge is 0.478 e. The van der Waals surface area contributed by atoms with Crippen LogP contribution in [-0.2, 0) is 13.4 Å². The first-order chi connectivity index (χ1) is 6.71. The van der Waals surface area contributed by atoms with E-state index in [0.29, 0.717) is 0 Å². The van der Waals surface area contributed by atoms with E-state index in [0.717, 1.165) is 26.2 Å². The summed E-state index contributed by atoms with van der Waals surface area (Å²) in [6.45, 7) is 4.56. The molecule has 9 nitrogen and oxygen atoms in total. The molecule has 0 saturated carbocycles. The monoisotopic (exact) mass is 264 g/mol. The molecule has 0 radical (unpaired) electrons. The quantitative estimate of drug-likeness (QED) is 0.323. The average molecular weight is 264 g/mol. The summed E-state index contributed by atoms with van der Waals surface area (Å²) in [5.41, 5.74) is 0. The first-order valence-corrected chi connectivity index (χ1v) is 7.01. The predicted octanol–water partition coefficient (Wildman–Crippen LogP) is -1.63. The molecule has 1 saturated heterocycles. The molecule has 0 aromatic rings. The molecule has 11 heteroatoms. The molecule has 0 aromatic carbocycles. The zero-order valence-electron chi connectivity index (χ0n) is 7.74. The minimum atomic E-state index is -5.05. The number of hydrogen-bond donors (Lipinski definition) is 6. The first kappa shape index (κ1) is 15.2. The second kappa shape index (κ2) is 6.70. The number of phosphoric acid groups is 2. The average Bonchev–Trinajstić information content (AvgIpc) is 2.01. The van der Waals surface area contributed by atoms with Crippen LogP contribution in [0.4, 0.5) is 0 Å².